The summed E-state index contributed by atoms with van der Waals surface area (Å²) in [6.07, 6.45) is 3.36. The van der Waals surface area contributed by atoms with Crippen molar-refractivity contribution in [3.05, 3.63) is 51.7 Å². The molecule has 21 heavy (non-hydrogen) atoms. The van der Waals surface area contributed by atoms with E-state index < -0.39 is 0 Å². The largest absolute Gasteiger partial charge is 0.348 e. The van der Waals surface area contributed by atoms with Crippen molar-refractivity contribution in [1.29, 1.82) is 0 Å². The first kappa shape index (κ1) is 14.3. The van der Waals surface area contributed by atoms with E-state index >= 15 is 0 Å². The van der Waals surface area contributed by atoms with Gasteiger partial charge in [-0.25, -0.2) is 9.97 Å². The molecule has 1 aliphatic heterocycles. The zero-order valence-corrected chi connectivity index (χ0v) is 13.3. The van der Waals surface area contributed by atoms with Crippen LogP contribution in [0.1, 0.15) is 10.4 Å². The number of halogens is 2. The second kappa shape index (κ2) is 5.99. The van der Waals surface area contributed by atoms with Gasteiger partial charge in [-0.1, -0.05) is 27.5 Å². The van der Waals surface area contributed by atoms with Crippen molar-refractivity contribution in [1.82, 2.24) is 14.9 Å². The van der Waals surface area contributed by atoms with Crippen LogP contribution in [0.15, 0.2) is 41.1 Å². The maximum atomic E-state index is 12.4. The van der Waals surface area contributed by atoms with Gasteiger partial charge in [-0.05, 0) is 24.3 Å². The first-order valence-electron chi connectivity index (χ1n) is 6.41. The molecule has 1 aliphatic rings. The number of carbonyl (C=O) groups excluding carboxylic acids is 1. The van der Waals surface area contributed by atoms with Gasteiger partial charge in [0, 0.05) is 30.0 Å². The zero-order chi connectivity index (χ0) is 14.8. The molecule has 0 aliphatic carbocycles. The third-order valence-electron chi connectivity index (χ3n) is 3.23. The molecule has 1 fully saturated rings. The summed E-state index contributed by atoms with van der Waals surface area (Å²) in [5, 5.41) is 3.65. The Kier molecular flexibility index (Phi) is 4.07. The Hall–Kier alpha value is -1.66. The van der Waals surface area contributed by atoms with Crippen molar-refractivity contribution < 1.29 is 4.79 Å². The van der Waals surface area contributed by atoms with Crippen LogP contribution in [-0.2, 0) is 0 Å². The molecular formula is C14H12BrClN4O. The lowest BCUT2D eigenvalue weighted by Crippen LogP contribution is -2.57. The zero-order valence-electron chi connectivity index (χ0n) is 11.0. The van der Waals surface area contributed by atoms with E-state index in [1.54, 1.807) is 35.5 Å². The summed E-state index contributed by atoms with van der Waals surface area (Å²) in [5.41, 5.74) is 0.514. The van der Waals surface area contributed by atoms with Crippen LogP contribution in [0.4, 0.5) is 5.95 Å². The first-order valence-corrected chi connectivity index (χ1v) is 7.58. The second-order valence-corrected chi connectivity index (χ2v) is 6.07. The molecule has 0 atom stereocenters. The van der Waals surface area contributed by atoms with E-state index in [1.807, 2.05) is 6.07 Å². The fourth-order valence-corrected chi connectivity index (χ4v) is 2.68. The summed E-state index contributed by atoms with van der Waals surface area (Å²) in [4.78, 5) is 22.3. The number of benzene rings is 1. The molecule has 0 unspecified atom stereocenters. The standard InChI is InChI=1S/C14H12BrClN4O/c15-9-2-3-12(16)11(6-9)13(21)20-7-10(8-20)19-14-17-4-1-5-18-14/h1-6,10H,7-8H2,(H,17,18,19). The van der Waals surface area contributed by atoms with Gasteiger partial charge in [-0.2, -0.15) is 0 Å². The number of amides is 1. The fraction of sp³-hybridized carbons (Fsp3) is 0.214. The van der Waals surface area contributed by atoms with E-state index in [0.717, 1.165) is 4.47 Å². The van der Waals surface area contributed by atoms with E-state index in [-0.39, 0.29) is 11.9 Å². The SMILES string of the molecule is O=C(c1cc(Br)ccc1Cl)N1CC(Nc2ncccn2)C1. The third kappa shape index (κ3) is 3.16. The smallest absolute Gasteiger partial charge is 0.255 e. The third-order valence-corrected chi connectivity index (χ3v) is 4.05. The van der Waals surface area contributed by atoms with Gasteiger partial charge in [-0.15, -0.1) is 0 Å². The molecule has 108 valence electrons. The van der Waals surface area contributed by atoms with Crippen LogP contribution < -0.4 is 5.32 Å². The number of nitrogens with zero attached hydrogens (tertiary/aromatic N) is 3. The highest BCUT2D eigenvalue weighted by molar-refractivity contribution is 9.10. The summed E-state index contributed by atoms with van der Waals surface area (Å²) in [6.45, 7) is 1.22. The van der Waals surface area contributed by atoms with Crippen molar-refractivity contribution in [2.45, 2.75) is 6.04 Å². The molecule has 1 aromatic heterocycles. The molecule has 7 heteroatoms. The lowest BCUT2D eigenvalue weighted by atomic mass is 10.1. The minimum absolute atomic E-state index is 0.0617. The Balaban J connectivity index is 1.61. The maximum absolute atomic E-state index is 12.4. The molecule has 1 saturated heterocycles. The molecule has 1 aromatic carbocycles. The molecule has 0 radical (unpaired) electrons. The van der Waals surface area contributed by atoms with Gasteiger partial charge in [0.1, 0.15) is 0 Å². The number of hydrogen-bond acceptors (Lipinski definition) is 4. The number of nitrogens with one attached hydrogen (secondary N) is 1. The van der Waals surface area contributed by atoms with E-state index in [0.29, 0.717) is 29.6 Å². The maximum Gasteiger partial charge on any atom is 0.255 e. The fourth-order valence-electron chi connectivity index (χ4n) is 2.12. The highest BCUT2D eigenvalue weighted by atomic mass is 79.9. The summed E-state index contributed by atoms with van der Waals surface area (Å²) in [5.74, 6) is 0.517. The second-order valence-electron chi connectivity index (χ2n) is 4.75. The van der Waals surface area contributed by atoms with Gasteiger partial charge in [0.2, 0.25) is 5.95 Å². The van der Waals surface area contributed by atoms with E-state index in [9.17, 15) is 4.79 Å². The molecule has 5 nitrogen and oxygen atoms in total. The minimum Gasteiger partial charge on any atom is -0.348 e. The van der Waals surface area contributed by atoms with Crippen molar-refractivity contribution in [3.63, 3.8) is 0 Å². The number of anilines is 1. The monoisotopic (exact) mass is 366 g/mol. The minimum atomic E-state index is -0.0617. The number of likely N-dealkylation sites (tertiary alicyclic amines) is 1. The Morgan fingerprint density at radius 1 is 1.33 bits per heavy atom. The lowest BCUT2D eigenvalue weighted by Gasteiger charge is -2.39. The van der Waals surface area contributed by atoms with Gasteiger partial charge >= 0.3 is 0 Å². The quantitative estimate of drug-likeness (QED) is 0.906. The van der Waals surface area contributed by atoms with Crippen molar-refractivity contribution in [2.24, 2.45) is 0 Å². The summed E-state index contributed by atoms with van der Waals surface area (Å²) in [7, 11) is 0. The topological polar surface area (TPSA) is 58.1 Å². The van der Waals surface area contributed by atoms with Gasteiger partial charge < -0.3 is 10.2 Å². The molecule has 1 N–H and O–H groups in total. The van der Waals surface area contributed by atoms with Crippen molar-refractivity contribution in [3.8, 4) is 0 Å². The van der Waals surface area contributed by atoms with Gasteiger partial charge in [0.05, 0.1) is 16.6 Å². The average molecular weight is 368 g/mol. The Morgan fingerprint density at radius 2 is 2.05 bits per heavy atom. The van der Waals surface area contributed by atoms with Crippen molar-refractivity contribution >= 4 is 39.4 Å². The lowest BCUT2D eigenvalue weighted by molar-refractivity contribution is 0.0624. The Labute approximate surface area is 135 Å². The van der Waals surface area contributed by atoms with Crippen LogP contribution in [0.2, 0.25) is 5.02 Å². The molecule has 0 saturated carbocycles. The van der Waals surface area contributed by atoms with E-state index in [2.05, 4.69) is 31.2 Å². The van der Waals surface area contributed by atoms with Crippen LogP contribution in [0, 0.1) is 0 Å². The predicted molar refractivity (Wildman–Crippen MR) is 84.5 cm³/mol. The first-order chi connectivity index (χ1) is 10.1. The summed E-state index contributed by atoms with van der Waals surface area (Å²) in [6, 6.07) is 7.20. The molecule has 0 spiro atoms. The van der Waals surface area contributed by atoms with Crippen LogP contribution >= 0.6 is 27.5 Å². The van der Waals surface area contributed by atoms with Gasteiger partial charge in [0.15, 0.2) is 0 Å². The van der Waals surface area contributed by atoms with E-state index in [4.69, 9.17) is 11.6 Å². The summed E-state index contributed by atoms with van der Waals surface area (Å²) < 4.78 is 0.836. The number of rotatable bonds is 3. The molecule has 1 amide bonds. The molecule has 3 rings (SSSR count). The molecule has 2 heterocycles. The van der Waals surface area contributed by atoms with Crippen LogP contribution in [0.3, 0.4) is 0 Å². The number of carbonyl (C=O) groups is 1. The predicted octanol–water partition coefficient (Wildman–Crippen LogP) is 2.83. The highest BCUT2D eigenvalue weighted by Gasteiger charge is 2.32. The average Bonchev–Trinajstić information content (AvgIpc) is 2.45. The van der Waals surface area contributed by atoms with Crippen LogP contribution in [0.5, 0.6) is 0 Å². The van der Waals surface area contributed by atoms with Crippen LogP contribution in [-0.4, -0.2) is 39.9 Å². The Morgan fingerprint density at radius 3 is 2.76 bits per heavy atom. The van der Waals surface area contributed by atoms with Gasteiger partial charge in [-0.3, -0.25) is 4.79 Å². The van der Waals surface area contributed by atoms with Crippen molar-refractivity contribution in [2.75, 3.05) is 18.4 Å². The normalized spacial score (nSPS) is 14.7. The molecule has 0 bridgehead atoms. The highest BCUT2D eigenvalue weighted by Crippen LogP contribution is 2.24. The number of hydrogen-bond donors (Lipinski definition) is 1. The van der Waals surface area contributed by atoms with Crippen LogP contribution in [0.25, 0.3) is 0 Å². The van der Waals surface area contributed by atoms with Gasteiger partial charge in [0.25, 0.3) is 5.91 Å². The number of aromatic nitrogens is 2. The van der Waals surface area contributed by atoms with E-state index in [1.165, 1.54) is 0 Å². The molecule has 2 aromatic rings. The summed E-state index contributed by atoms with van der Waals surface area (Å²) >= 11 is 9.43. The molecular weight excluding hydrogens is 356 g/mol. The Bertz CT molecular complexity index is 661.